The van der Waals surface area contributed by atoms with Gasteiger partial charge in [0.1, 0.15) is 12.4 Å². The lowest BCUT2D eigenvalue weighted by molar-refractivity contribution is 0.363. The summed E-state index contributed by atoms with van der Waals surface area (Å²) in [5.74, 6) is 0.857. The Balaban J connectivity index is 2.63. The van der Waals surface area contributed by atoms with E-state index in [1.807, 2.05) is 25.1 Å². The monoisotopic (exact) mass is 260 g/mol. The highest BCUT2D eigenvalue weighted by atomic mass is 79.9. The van der Waals surface area contributed by atoms with E-state index in [4.69, 9.17) is 16.3 Å². The minimum Gasteiger partial charge on any atom is -0.489 e. The number of halogens is 2. The van der Waals surface area contributed by atoms with Crippen molar-refractivity contribution < 1.29 is 4.74 Å². The Bertz CT molecular complexity index is 310. The molecule has 0 saturated carbocycles. The number of aryl methyl sites for hydroxylation is 1. The van der Waals surface area contributed by atoms with Crippen molar-refractivity contribution in [1.82, 2.24) is 0 Å². The van der Waals surface area contributed by atoms with Crippen molar-refractivity contribution in [3.63, 3.8) is 0 Å². The van der Waals surface area contributed by atoms with Gasteiger partial charge in [0.25, 0.3) is 0 Å². The second-order valence-electron chi connectivity index (χ2n) is 2.58. The Morgan fingerprint density at radius 3 is 2.92 bits per heavy atom. The summed E-state index contributed by atoms with van der Waals surface area (Å²) in [6, 6.07) is 5.86. The van der Waals surface area contributed by atoms with Crippen LogP contribution in [0.4, 0.5) is 0 Å². The molecule has 0 saturated heterocycles. The van der Waals surface area contributed by atoms with E-state index in [0.29, 0.717) is 6.61 Å². The van der Waals surface area contributed by atoms with Gasteiger partial charge in [0, 0.05) is 10.0 Å². The van der Waals surface area contributed by atoms with E-state index >= 15 is 0 Å². The van der Waals surface area contributed by atoms with Gasteiger partial charge in [-0.3, -0.25) is 0 Å². The highest BCUT2D eigenvalue weighted by Gasteiger charge is 1.96. The predicted octanol–water partition coefficient (Wildman–Crippen LogP) is 3.89. The molecule has 70 valence electrons. The van der Waals surface area contributed by atoms with Crippen molar-refractivity contribution in [2.75, 3.05) is 6.61 Å². The van der Waals surface area contributed by atoms with Gasteiger partial charge in [-0.05, 0) is 36.8 Å². The molecular weight excluding hydrogens is 251 g/mol. The van der Waals surface area contributed by atoms with Gasteiger partial charge in [-0.15, -0.1) is 0 Å². The third kappa shape index (κ3) is 3.41. The smallest absolute Gasteiger partial charge is 0.120 e. The van der Waals surface area contributed by atoms with Crippen LogP contribution < -0.4 is 4.74 Å². The molecule has 0 unspecified atom stereocenters. The zero-order valence-electron chi connectivity index (χ0n) is 7.26. The first-order valence-corrected chi connectivity index (χ1v) is 5.11. The first-order valence-electron chi connectivity index (χ1n) is 3.88. The summed E-state index contributed by atoms with van der Waals surface area (Å²) < 4.78 is 6.48. The minimum atomic E-state index is 0.505. The molecule has 0 amide bonds. The highest BCUT2D eigenvalue weighted by molar-refractivity contribution is 9.10. The second-order valence-corrected chi connectivity index (χ2v) is 3.69. The van der Waals surface area contributed by atoms with Gasteiger partial charge in [-0.2, -0.15) is 0 Å². The van der Waals surface area contributed by atoms with Crippen LogP contribution in [-0.4, -0.2) is 6.61 Å². The fourth-order valence-electron chi connectivity index (χ4n) is 0.888. The van der Waals surface area contributed by atoms with Crippen molar-refractivity contribution >= 4 is 27.5 Å². The molecule has 1 rings (SSSR count). The molecule has 0 atom stereocenters. The van der Waals surface area contributed by atoms with E-state index in [0.717, 1.165) is 15.8 Å². The number of ether oxygens (including phenoxy) is 1. The number of hydrogen-bond donors (Lipinski definition) is 0. The van der Waals surface area contributed by atoms with Crippen molar-refractivity contribution in [2.45, 2.75) is 6.92 Å². The lowest BCUT2D eigenvalue weighted by Crippen LogP contribution is -1.93. The van der Waals surface area contributed by atoms with Crippen molar-refractivity contribution in [1.29, 1.82) is 0 Å². The summed E-state index contributed by atoms with van der Waals surface area (Å²) in [5.41, 5.74) is 2.61. The molecule has 0 aliphatic heterocycles. The fraction of sp³-hybridized carbons (Fsp3) is 0.200. The number of benzene rings is 1. The molecule has 0 aliphatic carbocycles. The Kier molecular flexibility index (Phi) is 4.33. The van der Waals surface area contributed by atoms with Gasteiger partial charge in [-0.1, -0.05) is 27.5 Å². The molecule has 0 heterocycles. The minimum absolute atomic E-state index is 0.505. The lowest BCUT2D eigenvalue weighted by Gasteiger charge is -2.04. The van der Waals surface area contributed by atoms with Crippen LogP contribution in [0, 0.1) is 6.92 Å². The maximum absolute atomic E-state index is 5.39. The molecule has 0 bridgehead atoms. The maximum atomic E-state index is 5.39. The molecule has 3 heteroatoms. The Morgan fingerprint density at radius 1 is 1.54 bits per heavy atom. The van der Waals surface area contributed by atoms with E-state index < -0.39 is 0 Å². The van der Waals surface area contributed by atoms with E-state index in [-0.39, 0.29) is 0 Å². The van der Waals surface area contributed by atoms with Gasteiger partial charge < -0.3 is 4.74 Å². The summed E-state index contributed by atoms with van der Waals surface area (Å²) in [6.07, 6.45) is 1.75. The van der Waals surface area contributed by atoms with Crippen LogP contribution in [0.1, 0.15) is 5.56 Å². The standard InChI is InChI=1S/C10H10BrClO/c1-8-7-9(3-4-10(8)11)13-6-2-5-12/h2-5,7H,6H2,1H3/b5-2+. The summed E-state index contributed by atoms with van der Waals surface area (Å²) in [6.45, 7) is 2.53. The molecule has 13 heavy (non-hydrogen) atoms. The van der Waals surface area contributed by atoms with Gasteiger partial charge in [0.05, 0.1) is 0 Å². The van der Waals surface area contributed by atoms with Gasteiger partial charge in [0.15, 0.2) is 0 Å². The van der Waals surface area contributed by atoms with E-state index in [1.54, 1.807) is 6.08 Å². The second kappa shape index (κ2) is 5.30. The first kappa shape index (κ1) is 10.6. The zero-order valence-corrected chi connectivity index (χ0v) is 9.60. The van der Waals surface area contributed by atoms with Crippen molar-refractivity contribution in [3.05, 3.63) is 39.8 Å². The van der Waals surface area contributed by atoms with E-state index in [2.05, 4.69) is 15.9 Å². The van der Waals surface area contributed by atoms with E-state index in [1.165, 1.54) is 5.54 Å². The van der Waals surface area contributed by atoms with Crippen LogP contribution in [-0.2, 0) is 0 Å². The molecule has 1 nitrogen and oxygen atoms in total. The quantitative estimate of drug-likeness (QED) is 0.802. The van der Waals surface area contributed by atoms with Gasteiger partial charge in [0.2, 0.25) is 0 Å². The van der Waals surface area contributed by atoms with Crippen LogP contribution in [0.15, 0.2) is 34.3 Å². The first-order chi connectivity index (χ1) is 6.24. The average molecular weight is 262 g/mol. The third-order valence-electron chi connectivity index (χ3n) is 1.56. The summed E-state index contributed by atoms with van der Waals surface area (Å²) in [7, 11) is 0. The highest BCUT2D eigenvalue weighted by Crippen LogP contribution is 2.21. The van der Waals surface area contributed by atoms with E-state index in [9.17, 15) is 0 Å². The molecule has 1 aromatic carbocycles. The van der Waals surface area contributed by atoms with Crippen LogP contribution in [0.5, 0.6) is 5.75 Å². The zero-order chi connectivity index (χ0) is 9.68. The van der Waals surface area contributed by atoms with Crippen LogP contribution in [0.25, 0.3) is 0 Å². The molecule has 0 fully saturated rings. The van der Waals surface area contributed by atoms with Gasteiger partial charge in [-0.25, -0.2) is 0 Å². The topological polar surface area (TPSA) is 9.23 Å². The van der Waals surface area contributed by atoms with Crippen molar-refractivity contribution in [2.24, 2.45) is 0 Å². The van der Waals surface area contributed by atoms with Crippen LogP contribution in [0.2, 0.25) is 0 Å². The Hall–Kier alpha value is -0.470. The van der Waals surface area contributed by atoms with Crippen molar-refractivity contribution in [3.8, 4) is 5.75 Å². The predicted molar refractivity (Wildman–Crippen MR) is 59.4 cm³/mol. The number of rotatable bonds is 3. The maximum Gasteiger partial charge on any atom is 0.120 e. The Morgan fingerprint density at radius 2 is 2.31 bits per heavy atom. The van der Waals surface area contributed by atoms with Gasteiger partial charge >= 0.3 is 0 Å². The fourth-order valence-corrected chi connectivity index (χ4v) is 1.21. The largest absolute Gasteiger partial charge is 0.489 e. The summed E-state index contributed by atoms with van der Waals surface area (Å²) in [4.78, 5) is 0. The number of hydrogen-bond acceptors (Lipinski definition) is 1. The molecule has 0 aliphatic rings. The molecule has 0 radical (unpaired) electrons. The normalized spacial score (nSPS) is 10.7. The average Bonchev–Trinajstić information content (AvgIpc) is 2.12. The Labute approximate surface area is 91.5 Å². The molecule has 0 spiro atoms. The molecule has 0 N–H and O–H groups in total. The lowest BCUT2D eigenvalue weighted by atomic mass is 10.2. The molecular formula is C10H10BrClO. The SMILES string of the molecule is Cc1cc(OC/C=C/Cl)ccc1Br. The summed E-state index contributed by atoms with van der Waals surface area (Å²) >= 11 is 8.78. The molecule has 0 aromatic heterocycles. The summed E-state index contributed by atoms with van der Waals surface area (Å²) in [5, 5.41) is 0. The van der Waals surface area contributed by atoms with Crippen LogP contribution >= 0.6 is 27.5 Å². The van der Waals surface area contributed by atoms with Crippen LogP contribution in [0.3, 0.4) is 0 Å². The molecule has 1 aromatic rings. The third-order valence-corrected chi connectivity index (χ3v) is 2.63.